The van der Waals surface area contributed by atoms with Crippen molar-refractivity contribution in [1.82, 2.24) is 20.2 Å². The molecule has 0 spiro atoms. The Hall–Kier alpha value is -3.00. The van der Waals surface area contributed by atoms with Gasteiger partial charge >= 0.3 is 5.97 Å². The smallest absolute Gasteiger partial charge is 0.339 e. The van der Waals surface area contributed by atoms with E-state index in [1.165, 1.54) is 7.11 Å². The van der Waals surface area contributed by atoms with Gasteiger partial charge in [0.25, 0.3) is 5.91 Å². The van der Waals surface area contributed by atoms with E-state index in [-0.39, 0.29) is 11.6 Å². The zero-order chi connectivity index (χ0) is 19.8. The molecule has 0 saturated carbocycles. The minimum absolute atomic E-state index is 0.261. The lowest BCUT2D eigenvalue weighted by Crippen LogP contribution is -2.28. The molecule has 0 fully saturated rings. The number of esters is 1. The summed E-state index contributed by atoms with van der Waals surface area (Å²) in [6.45, 7) is 3.16. The first-order chi connectivity index (χ1) is 12.9. The zero-order valence-corrected chi connectivity index (χ0v) is 16.1. The number of carbonyl (C=O) groups excluding carboxylic acids is 2. The van der Waals surface area contributed by atoms with Crippen LogP contribution in [0.4, 0.5) is 11.5 Å². The molecular weight excluding hydrogens is 346 g/mol. The zero-order valence-electron chi connectivity index (χ0n) is 16.1. The van der Waals surface area contributed by atoms with Crippen LogP contribution in [0.15, 0.2) is 30.3 Å². The Morgan fingerprint density at radius 2 is 1.93 bits per heavy atom. The Bertz CT molecular complexity index is 808. The van der Waals surface area contributed by atoms with Gasteiger partial charge in [-0.1, -0.05) is 12.1 Å². The van der Waals surface area contributed by atoms with E-state index in [1.54, 1.807) is 37.3 Å². The number of aromatic nitrogens is 2. The summed E-state index contributed by atoms with van der Waals surface area (Å²) in [5, 5.41) is 5.92. The first kappa shape index (κ1) is 20.3. The molecule has 0 aliphatic rings. The molecule has 0 unspecified atom stereocenters. The van der Waals surface area contributed by atoms with Crippen molar-refractivity contribution in [2.24, 2.45) is 0 Å². The first-order valence-corrected chi connectivity index (χ1v) is 8.63. The summed E-state index contributed by atoms with van der Waals surface area (Å²) >= 11 is 0. The molecule has 0 aliphatic heterocycles. The predicted molar refractivity (Wildman–Crippen MR) is 103 cm³/mol. The molecule has 0 bridgehead atoms. The molecule has 1 aromatic carbocycles. The van der Waals surface area contributed by atoms with E-state index in [2.05, 4.69) is 25.5 Å². The van der Waals surface area contributed by atoms with E-state index in [0.717, 1.165) is 13.0 Å². The molecule has 2 N–H and O–H groups in total. The average Bonchev–Trinajstić information content (AvgIpc) is 2.64. The van der Waals surface area contributed by atoms with Crippen molar-refractivity contribution in [1.29, 1.82) is 0 Å². The Morgan fingerprint density at radius 1 is 1.19 bits per heavy atom. The molecule has 1 aromatic heterocycles. The lowest BCUT2D eigenvalue weighted by Gasteiger charge is -2.12. The van der Waals surface area contributed by atoms with Gasteiger partial charge in [0, 0.05) is 12.6 Å². The van der Waals surface area contributed by atoms with E-state index in [4.69, 9.17) is 4.74 Å². The summed E-state index contributed by atoms with van der Waals surface area (Å²) in [6, 6.07) is 8.49. The van der Waals surface area contributed by atoms with Crippen LogP contribution in [0.1, 0.15) is 33.1 Å². The van der Waals surface area contributed by atoms with Gasteiger partial charge in [-0.25, -0.2) is 14.8 Å². The van der Waals surface area contributed by atoms with Crippen LogP contribution in [0.5, 0.6) is 0 Å². The number of aryl methyl sites for hydroxylation is 1. The Balaban J connectivity index is 2.14. The monoisotopic (exact) mass is 371 g/mol. The number of hydrogen-bond acceptors (Lipinski definition) is 7. The van der Waals surface area contributed by atoms with Crippen molar-refractivity contribution in [3.63, 3.8) is 0 Å². The number of methoxy groups -OCH3 is 1. The standard InChI is InChI=1S/C19H25N5O3/c1-13-21-16(18(25)20-10-7-11-24(2)3)12-17(22-13)23-15-9-6-5-8-14(15)19(26)27-4/h5-6,8-9,12H,7,10-11H2,1-4H3,(H,20,25)(H,21,22,23). The second-order valence-electron chi connectivity index (χ2n) is 6.26. The number of rotatable bonds is 8. The van der Waals surface area contributed by atoms with Crippen molar-refractivity contribution in [3.8, 4) is 0 Å². The molecule has 0 atom stereocenters. The van der Waals surface area contributed by atoms with E-state index < -0.39 is 5.97 Å². The molecule has 1 amide bonds. The molecule has 2 aromatic rings. The fraction of sp³-hybridized carbons (Fsp3) is 0.368. The normalized spacial score (nSPS) is 10.6. The molecule has 8 heteroatoms. The quantitative estimate of drug-likeness (QED) is 0.541. The minimum Gasteiger partial charge on any atom is -0.465 e. The number of para-hydroxylation sites is 1. The number of ether oxygens (including phenoxy) is 1. The fourth-order valence-corrected chi connectivity index (χ4v) is 2.45. The summed E-state index contributed by atoms with van der Waals surface area (Å²) < 4.78 is 4.79. The van der Waals surface area contributed by atoms with Crippen LogP contribution in [0, 0.1) is 6.92 Å². The number of amides is 1. The van der Waals surface area contributed by atoms with Gasteiger partial charge in [0.05, 0.1) is 18.4 Å². The van der Waals surface area contributed by atoms with Gasteiger partial charge < -0.3 is 20.3 Å². The highest BCUT2D eigenvalue weighted by Crippen LogP contribution is 2.21. The highest BCUT2D eigenvalue weighted by molar-refractivity contribution is 5.97. The first-order valence-electron chi connectivity index (χ1n) is 8.63. The van der Waals surface area contributed by atoms with Crippen molar-refractivity contribution in [2.75, 3.05) is 39.6 Å². The number of anilines is 2. The van der Waals surface area contributed by atoms with Crippen molar-refractivity contribution in [2.45, 2.75) is 13.3 Å². The van der Waals surface area contributed by atoms with Gasteiger partial charge in [0.15, 0.2) is 0 Å². The maximum absolute atomic E-state index is 12.4. The molecule has 0 aliphatic carbocycles. The highest BCUT2D eigenvalue weighted by atomic mass is 16.5. The number of carbonyl (C=O) groups is 2. The summed E-state index contributed by atoms with van der Waals surface area (Å²) in [5.74, 6) is 0.164. The summed E-state index contributed by atoms with van der Waals surface area (Å²) in [5.41, 5.74) is 1.19. The number of benzene rings is 1. The molecule has 27 heavy (non-hydrogen) atoms. The summed E-state index contributed by atoms with van der Waals surface area (Å²) in [7, 11) is 5.30. The highest BCUT2D eigenvalue weighted by Gasteiger charge is 2.14. The van der Waals surface area contributed by atoms with Crippen LogP contribution in [0.3, 0.4) is 0 Å². The number of nitrogens with zero attached hydrogens (tertiary/aromatic N) is 3. The van der Waals surface area contributed by atoms with E-state index in [1.807, 2.05) is 14.1 Å². The predicted octanol–water partition coefficient (Wildman–Crippen LogP) is 2.00. The van der Waals surface area contributed by atoms with Crippen molar-refractivity contribution in [3.05, 3.63) is 47.4 Å². The number of hydrogen-bond donors (Lipinski definition) is 2. The Morgan fingerprint density at radius 3 is 2.63 bits per heavy atom. The summed E-state index contributed by atoms with van der Waals surface area (Å²) in [6.07, 6.45) is 0.848. The van der Waals surface area contributed by atoms with Gasteiger partial charge in [0.2, 0.25) is 0 Å². The van der Waals surface area contributed by atoms with Crippen LogP contribution in [-0.2, 0) is 4.74 Å². The van der Waals surface area contributed by atoms with Crippen LogP contribution < -0.4 is 10.6 Å². The van der Waals surface area contributed by atoms with Gasteiger partial charge in [-0.3, -0.25) is 4.79 Å². The average molecular weight is 371 g/mol. The molecular formula is C19H25N5O3. The lowest BCUT2D eigenvalue weighted by atomic mass is 10.2. The van der Waals surface area contributed by atoms with Gasteiger partial charge in [-0.15, -0.1) is 0 Å². The SMILES string of the molecule is COC(=O)c1ccccc1Nc1cc(C(=O)NCCCN(C)C)nc(C)n1. The van der Waals surface area contributed by atoms with E-state index >= 15 is 0 Å². The van der Waals surface area contributed by atoms with Gasteiger partial charge in [0.1, 0.15) is 17.3 Å². The third-order valence-corrected chi connectivity index (χ3v) is 3.73. The van der Waals surface area contributed by atoms with Gasteiger partial charge in [-0.2, -0.15) is 0 Å². The van der Waals surface area contributed by atoms with E-state index in [0.29, 0.717) is 29.4 Å². The maximum Gasteiger partial charge on any atom is 0.339 e. The maximum atomic E-state index is 12.4. The number of nitrogens with one attached hydrogen (secondary N) is 2. The fourth-order valence-electron chi connectivity index (χ4n) is 2.45. The van der Waals surface area contributed by atoms with Gasteiger partial charge in [-0.05, 0) is 46.1 Å². The molecule has 0 saturated heterocycles. The molecule has 144 valence electrons. The second kappa shape index (κ2) is 9.63. The van der Waals surface area contributed by atoms with Crippen LogP contribution in [-0.4, -0.2) is 61.0 Å². The Kier molecular flexibility index (Phi) is 7.25. The van der Waals surface area contributed by atoms with E-state index in [9.17, 15) is 9.59 Å². The largest absolute Gasteiger partial charge is 0.465 e. The third-order valence-electron chi connectivity index (χ3n) is 3.73. The van der Waals surface area contributed by atoms with Crippen molar-refractivity contribution < 1.29 is 14.3 Å². The molecule has 8 nitrogen and oxygen atoms in total. The summed E-state index contributed by atoms with van der Waals surface area (Å²) in [4.78, 5) is 34.8. The Labute approximate surface area is 159 Å². The third kappa shape index (κ3) is 6.03. The molecule has 2 rings (SSSR count). The second-order valence-corrected chi connectivity index (χ2v) is 6.26. The topological polar surface area (TPSA) is 96.4 Å². The van der Waals surface area contributed by atoms with Crippen LogP contribution >= 0.6 is 0 Å². The van der Waals surface area contributed by atoms with Crippen LogP contribution in [0.25, 0.3) is 0 Å². The molecule has 0 radical (unpaired) electrons. The van der Waals surface area contributed by atoms with Crippen LogP contribution in [0.2, 0.25) is 0 Å². The minimum atomic E-state index is -0.456. The van der Waals surface area contributed by atoms with Crippen molar-refractivity contribution >= 4 is 23.4 Å². The molecule has 1 heterocycles. The lowest BCUT2D eigenvalue weighted by molar-refractivity contribution is 0.0601.